The number of nitrogens with zero attached hydrogens (tertiary/aromatic N) is 2. The Morgan fingerprint density at radius 1 is 1.21 bits per heavy atom. The molecule has 0 radical (unpaired) electrons. The van der Waals surface area contributed by atoms with Crippen molar-refractivity contribution in [1.29, 1.82) is 0 Å². The second-order valence-corrected chi connectivity index (χ2v) is 6.07. The van der Waals surface area contributed by atoms with Crippen LogP contribution >= 0.6 is 15.9 Å². The zero-order chi connectivity index (χ0) is 17.4. The molecule has 0 atom stereocenters. The third-order valence-electron chi connectivity index (χ3n) is 3.33. The molecule has 24 heavy (non-hydrogen) atoms. The second-order valence-electron chi connectivity index (χ2n) is 5.21. The van der Waals surface area contributed by atoms with Crippen molar-refractivity contribution in [2.45, 2.75) is 13.0 Å². The van der Waals surface area contributed by atoms with Crippen molar-refractivity contribution in [2.75, 3.05) is 18.9 Å². The average Bonchev–Trinajstić information content (AvgIpc) is 2.57. The standard InChI is InChI=1S/C17H19BrN4O2/c1-22(12-13-5-2-3-7-15(13)18)16(23)8-10-20-17(24)21-14-6-4-9-19-11-14/h2-7,9,11H,8,10,12H2,1H3,(H2,20,21,24). The van der Waals surface area contributed by atoms with Crippen LogP contribution in [0.2, 0.25) is 0 Å². The molecule has 1 heterocycles. The highest BCUT2D eigenvalue weighted by Crippen LogP contribution is 2.17. The molecule has 6 nitrogen and oxygen atoms in total. The molecule has 0 aliphatic carbocycles. The maximum absolute atomic E-state index is 12.1. The van der Waals surface area contributed by atoms with E-state index in [1.54, 1.807) is 36.5 Å². The number of pyridine rings is 1. The molecule has 1 aromatic carbocycles. The number of carbonyl (C=O) groups is 2. The zero-order valence-electron chi connectivity index (χ0n) is 13.3. The third-order valence-corrected chi connectivity index (χ3v) is 4.11. The Kier molecular flexibility index (Phi) is 6.74. The van der Waals surface area contributed by atoms with Gasteiger partial charge in [-0.15, -0.1) is 0 Å². The molecule has 3 amide bonds. The molecule has 7 heteroatoms. The van der Waals surface area contributed by atoms with E-state index in [9.17, 15) is 9.59 Å². The largest absolute Gasteiger partial charge is 0.341 e. The summed E-state index contributed by atoms with van der Waals surface area (Å²) in [6, 6.07) is 10.9. The van der Waals surface area contributed by atoms with Crippen molar-refractivity contribution in [3.05, 3.63) is 58.8 Å². The summed E-state index contributed by atoms with van der Waals surface area (Å²) >= 11 is 3.47. The molecule has 0 bridgehead atoms. The Balaban J connectivity index is 1.72. The lowest BCUT2D eigenvalue weighted by Gasteiger charge is -2.18. The first-order valence-corrected chi connectivity index (χ1v) is 8.28. The number of hydrogen-bond acceptors (Lipinski definition) is 3. The molecule has 0 spiro atoms. The van der Waals surface area contributed by atoms with E-state index in [-0.39, 0.29) is 24.9 Å². The average molecular weight is 391 g/mol. The first kappa shape index (κ1) is 17.9. The van der Waals surface area contributed by atoms with E-state index in [1.807, 2.05) is 24.3 Å². The highest BCUT2D eigenvalue weighted by Gasteiger charge is 2.11. The van der Waals surface area contributed by atoms with Crippen LogP contribution in [0.1, 0.15) is 12.0 Å². The fourth-order valence-electron chi connectivity index (χ4n) is 2.06. The van der Waals surface area contributed by atoms with Gasteiger partial charge in [0.1, 0.15) is 0 Å². The minimum Gasteiger partial charge on any atom is -0.341 e. The number of hydrogen-bond donors (Lipinski definition) is 2. The fraction of sp³-hybridized carbons (Fsp3) is 0.235. The lowest BCUT2D eigenvalue weighted by atomic mass is 10.2. The van der Waals surface area contributed by atoms with Crippen LogP contribution in [-0.4, -0.2) is 35.4 Å². The fourth-order valence-corrected chi connectivity index (χ4v) is 2.47. The Morgan fingerprint density at radius 3 is 2.71 bits per heavy atom. The quantitative estimate of drug-likeness (QED) is 0.795. The van der Waals surface area contributed by atoms with Crippen molar-refractivity contribution in [1.82, 2.24) is 15.2 Å². The van der Waals surface area contributed by atoms with Crippen LogP contribution in [0.4, 0.5) is 10.5 Å². The smallest absolute Gasteiger partial charge is 0.319 e. The Labute approximate surface area is 149 Å². The Bertz CT molecular complexity index is 694. The Hall–Kier alpha value is -2.41. The molecular formula is C17H19BrN4O2. The van der Waals surface area contributed by atoms with Crippen molar-refractivity contribution in [2.24, 2.45) is 0 Å². The van der Waals surface area contributed by atoms with Crippen LogP contribution in [0.25, 0.3) is 0 Å². The van der Waals surface area contributed by atoms with Crippen LogP contribution < -0.4 is 10.6 Å². The summed E-state index contributed by atoms with van der Waals surface area (Å²) in [5.74, 6) is -0.0348. The van der Waals surface area contributed by atoms with Crippen molar-refractivity contribution >= 4 is 33.6 Å². The van der Waals surface area contributed by atoms with Crippen LogP contribution in [0.3, 0.4) is 0 Å². The number of benzene rings is 1. The number of amides is 3. The van der Waals surface area contributed by atoms with Gasteiger partial charge < -0.3 is 15.5 Å². The van der Waals surface area contributed by atoms with E-state index in [0.29, 0.717) is 12.2 Å². The molecule has 0 aliphatic rings. The van der Waals surface area contributed by atoms with Gasteiger partial charge in [0.25, 0.3) is 0 Å². The molecule has 126 valence electrons. The van der Waals surface area contributed by atoms with E-state index in [2.05, 4.69) is 31.5 Å². The molecular weight excluding hydrogens is 372 g/mol. The molecule has 0 saturated heterocycles. The summed E-state index contributed by atoms with van der Waals surface area (Å²) in [4.78, 5) is 29.4. The van der Waals surface area contributed by atoms with Crippen LogP contribution in [0.15, 0.2) is 53.3 Å². The number of rotatable bonds is 6. The van der Waals surface area contributed by atoms with E-state index in [4.69, 9.17) is 0 Å². The van der Waals surface area contributed by atoms with Gasteiger partial charge in [-0.3, -0.25) is 9.78 Å². The van der Waals surface area contributed by atoms with Gasteiger partial charge in [0.15, 0.2) is 0 Å². The summed E-state index contributed by atoms with van der Waals surface area (Å²) in [6.45, 7) is 0.785. The Morgan fingerprint density at radius 2 is 2.00 bits per heavy atom. The molecule has 0 fully saturated rings. The van der Waals surface area contributed by atoms with Gasteiger partial charge in [-0.1, -0.05) is 34.1 Å². The van der Waals surface area contributed by atoms with Crippen LogP contribution in [0.5, 0.6) is 0 Å². The summed E-state index contributed by atoms with van der Waals surface area (Å²) in [5, 5.41) is 5.31. The minimum absolute atomic E-state index is 0.0348. The maximum Gasteiger partial charge on any atom is 0.319 e. The van der Waals surface area contributed by atoms with Gasteiger partial charge in [0, 0.05) is 37.2 Å². The van der Waals surface area contributed by atoms with E-state index >= 15 is 0 Å². The number of nitrogens with one attached hydrogen (secondary N) is 2. The minimum atomic E-state index is -0.357. The molecule has 2 aromatic rings. The van der Waals surface area contributed by atoms with E-state index in [0.717, 1.165) is 10.0 Å². The first-order valence-electron chi connectivity index (χ1n) is 7.48. The molecule has 0 aliphatic heterocycles. The van der Waals surface area contributed by atoms with Gasteiger partial charge >= 0.3 is 6.03 Å². The summed E-state index contributed by atoms with van der Waals surface area (Å²) in [5.41, 5.74) is 1.64. The van der Waals surface area contributed by atoms with Gasteiger partial charge in [-0.05, 0) is 23.8 Å². The molecule has 2 rings (SSSR count). The van der Waals surface area contributed by atoms with Gasteiger partial charge in [-0.2, -0.15) is 0 Å². The van der Waals surface area contributed by atoms with Crippen LogP contribution in [-0.2, 0) is 11.3 Å². The predicted molar refractivity (Wildman–Crippen MR) is 96.5 cm³/mol. The van der Waals surface area contributed by atoms with Crippen LogP contribution in [0, 0.1) is 0 Å². The monoisotopic (exact) mass is 390 g/mol. The zero-order valence-corrected chi connectivity index (χ0v) is 14.9. The van der Waals surface area contributed by atoms with Gasteiger partial charge in [-0.25, -0.2) is 4.79 Å². The van der Waals surface area contributed by atoms with Crippen molar-refractivity contribution < 1.29 is 9.59 Å². The number of aromatic nitrogens is 1. The molecule has 0 unspecified atom stereocenters. The number of carbonyl (C=O) groups excluding carboxylic acids is 2. The number of anilines is 1. The summed E-state index contributed by atoms with van der Waals surface area (Å²) < 4.78 is 0.971. The highest BCUT2D eigenvalue weighted by atomic mass is 79.9. The van der Waals surface area contributed by atoms with Crippen molar-refractivity contribution in [3.8, 4) is 0 Å². The molecule has 1 aromatic heterocycles. The lowest BCUT2D eigenvalue weighted by Crippen LogP contribution is -2.34. The van der Waals surface area contributed by atoms with E-state index < -0.39 is 0 Å². The van der Waals surface area contributed by atoms with Crippen molar-refractivity contribution in [3.63, 3.8) is 0 Å². The van der Waals surface area contributed by atoms with Gasteiger partial charge in [0.2, 0.25) is 5.91 Å². The first-order chi connectivity index (χ1) is 11.6. The summed E-state index contributed by atoms with van der Waals surface area (Å²) in [7, 11) is 1.75. The third kappa shape index (κ3) is 5.66. The highest BCUT2D eigenvalue weighted by molar-refractivity contribution is 9.10. The number of urea groups is 1. The molecule has 2 N–H and O–H groups in total. The molecule has 0 saturated carbocycles. The predicted octanol–water partition coefficient (Wildman–Crippen LogP) is 3.01. The normalized spacial score (nSPS) is 10.1. The maximum atomic E-state index is 12.1. The van der Waals surface area contributed by atoms with E-state index in [1.165, 1.54) is 0 Å². The number of halogens is 1. The summed E-state index contributed by atoms with van der Waals surface area (Å²) in [6.07, 6.45) is 3.42. The van der Waals surface area contributed by atoms with Gasteiger partial charge in [0.05, 0.1) is 11.9 Å². The lowest BCUT2D eigenvalue weighted by molar-refractivity contribution is -0.130. The topological polar surface area (TPSA) is 74.3 Å². The SMILES string of the molecule is CN(Cc1ccccc1Br)C(=O)CCNC(=O)Nc1cccnc1. The second kappa shape index (κ2) is 9.02.